The molecule has 3 aliphatic rings. The molecule has 8 heteroatoms. The molecule has 3 heterocycles. The van der Waals surface area contributed by atoms with Crippen molar-refractivity contribution in [3.63, 3.8) is 0 Å². The summed E-state index contributed by atoms with van der Waals surface area (Å²) < 4.78 is 35.5. The molecule has 0 radical (unpaired) electrons. The lowest BCUT2D eigenvalue weighted by atomic mass is 10.0. The van der Waals surface area contributed by atoms with Crippen LogP contribution in [0.4, 0.5) is 0 Å². The van der Waals surface area contributed by atoms with E-state index in [1.807, 2.05) is 48.8 Å². The van der Waals surface area contributed by atoms with Crippen molar-refractivity contribution in [2.45, 2.75) is 46.1 Å². The zero-order chi connectivity index (χ0) is 21.5. The van der Waals surface area contributed by atoms with Gasteiger partial charge in [-0.15, -0.1) is 4.40 Å². The minimum atomic E-state index is -3.75. The Morgan fingerprint density at radius 2 is 1.87 bits per heavy atom. The van der Waals surface area contributed by atoms with E-state index in [2.05, 4.69) is 4.40 Å². The summed E-state index contributed by atoms with van der Waals surface area (Å²) in [6.45, 7) is 8.89. The number of sulfonamides is 1. The van der Waals surface area contributed by atoms with Crippen LogP contribution in [0.2, 0.25) is 0 Å². The van der Waals surface area contributed by atoms with Gasteiger partial charge in [0.15, 0.2) is 0 Å². The monoisotopic (exact) mass is 431 g/mol. The first kappa shape index (κ1) is 21.1. The fraction of sp³-hybridized carbons (Fsp3) is 0.545. The predicted octanol–water partition coefficient (Wildman–Crippen LogP) is 2.49. The van der Waals surface area contributed by atoms with E-state index in [1.54, 1.807) is 0 Å². The number of amidine groups is 1. The highest BCUT2D eigenvalue weighted by Gasteiger charge is 2.35. The zero-order valence-corrected chi connectivity index (χ0v) is 18.7. The number of benzene rings is 1. The zero-order valence-electron chi connectivity index (χ0n) is 17.8. The van der Waals surface area contributed by atoms with E-state index in [4.69, 9.17) is 4.74 Å². The van der Waals surface area contributed by atoms with Gasteiger partial charge in [0.1, 0.15) is 16.8 Å². The number of hydrogen-bond donors (Lipinski definition) is 0. The van der Waals surface area contributed by atoms with Gasteiger partial charge in [-0.05, 0) is 56.7 Å². The molecule has 0 bridgehead atoms. The minimum Gasteiger partial charge on any atom is -0.368 e. The molecule has 0 aromatic heterocycles. The molecule has 4 rings (SSSR count). The van der Waals surface area contributed by atoms with Crippen molar-refractivity contribution in [2.75, 3.05) is 32.8 Å². The van der Waals surface area contributed by atoms with E-state index >= 15 is 0 Å². The van der Waals surface area contributed by atoms with Gasteiger partial charge in [-0.3, -0.25) is 4.79 Å². The summed E-state index contributed by atoms with van der Waals surface area (Å²) in [6.07, 6.45) is 2.16. The van der Waals surface area contributed by atoms with Gasteiger partial charge in [-0.1, -0.05) is 18.2 Å². The lowest BCUT2D eigenvalue weighted by molar-refractivity contribution is -0.140. The van der Waals surface area contributed by atoms with Crippen LogP contribution >= 0.6 is 0 Å². The average molecular weight is 432 g/mol. The van der Waals surface area contributed by atoms with Gasteiger partial charge < -0.3 is 14.5 Å². The van der Waals surface area contributed by atoms with Crippen LogP contribution in [0.1, 0.15) is 42.9 Å². The Morgan fingerprint density at radius 3 is 2.57 bits per heavy atom. The van der Waals surface area contributed by atoms with E-state index < -0.39 is 10.0 Å². The van der Waals surface area contributed by atoms with Crippen molar-refractivity contribution >= 4 is 26.7 Å². The smallest absolute Gasteiger partial charge is 0.285 e. The van der Waals surface area contributed by atoms with Crippen molar-refractivity contribution in [1.29, 1.82) is 0 Å². The Hall–Kier alpha value is -2.19. The third kappa shape index (κ3) is 3.90. The minimum absolute atomic E-state index is 0.0541. The third-order valence-corrected chi connectivity index (χ3v) is 7.69. The molecule has 0 aliphatic carbocycles. The van der Waals surface area contributed by atoms with Crippen LogP contribution in [-0.2, 0) is 19.6 Å². The highest BCUT2D eigenvalue weighted by Crippen LogP contribution is 2.34. The first-order chi connectivity index (χ1) is 14.3. The second-order valence-electron chi connectivity index (χ2n) is 8.31. The molecule has 30 heavy (non-hydrogen) atoms. The van der Waals surface area contributed by atoms with Crippen molar-refractivity contribution in [3.05, 3.63) is 40.5 Å². The quantitative estimate of drug-likeness (QED) is 0.719. The van der Waals surface area contributed by atoms with Crippen LogP contribution in [0.15, 0.2) is 28.2 Å². The SMILES string of the molecule is CC1=C(c2ccc(C)c(C)c2)S(=O)(=O)N=C1N1CCCN(C(=O)C2CCCO2)CC1. The Labute approximate surface area is 178 Å². The maximum atomic E-state index is 12.9. The number of nitrogens with zero attached hydrogens (tertiary/aromatic N) is 3. The molecule has 1 unspecified atom stereocenters. The first-order valence-electron chi connectivity index (χ1n) is 10.6. The Morgan fingerprint density at radius 1 is 1.07 bits per heavy atom. The second kappa shape index (κ2) is 8.15. The number of rotatable bonds is 2. The summed E-state index contributed by atoms with van der Waals surface area (Å²) in [5.41, 5.74) is 3.53. The van der Waals surface area contributed by atoms with Crippen LogP contribution in [0.25, 0.3) is 4.91 Å². The standard InChI is InChI=1S/C22H29N3O4S/c1-15-7-8-18(14-16(15)2)20-17(3)21(23-30(20,27)28)24-9-5-10-25(12-11-24)22(26)19-6-4-13-29-19/h7-8,14,19H,4-6,9-13H2,1-3H3. The maximum Gasteiger partial charge on any atom is 0.285 e. The molecular weight excluding hydrogens is 402 g/mol. The van der Waals surface area contributed by atoms with Gasteiger partial charge in [-0.25, -0.2) is 0 Å². The lowest BCUT2D eigenvalue weighted by Crippen LogP contribution is -2.41. The summed E-state index contributed by atoms with van der Waals surface area (Å²) in [4.78, 5) is 16.8. The van der Waals surface area contributed by atoms with Crippen molar-refractivity contribution in [2.24, 2.45) is 4.40 Å². The topological polar surface area (TPSA) is 79.3 Å². The van der Waals surface area contributed by atoms with Crippen LogP contribution in [0.3, 0.4) is 0 Å². The molecular formula is C22H29N3O4S. The summed E-state index contributed by atoms with van der Waals surface area (Å²) in [7, 11) is -3.75. The number of aryl methyl sites for hydroxylation is 2. The summed E-state index contributed by atoms with van der Waals surface area (Å²) in [5, 5.41) is 0. The van der Waals surface area contributed by atoms with E-state index in [-0.39, 0.29) is 16.9 Å². The molecule has 7 nitrogen and oxygen atoms in total. The normalized spacial score (nSPS) is 24.2. The van der Waals surface area contributed by atoms with E-state index in [9.17, 15) is 13.2 Å². The van der Waals surface area contributed by atoms with Gasteiger partial charge in [0.05, 0.1) is 0 Å². The molecule has 3 aliphatic heterocycles. The first-order valence-corrected chi connectivity index (χ1v) is 12.0. The fourth-order valence-electron chi connectivity index (χ4n) is 4.39. The van der Waals surface area contributed by atoms with Gasteiger partial charge in [0, 0.05) is 38.4 Å². The molecule has 1 aromatic carbocycles. The van der Waals surface area contributed by atoms with Gasteiger partial charge >= 0.3 is 0 Å². The lowest BCUT2D eigenvalue weighted by Gasteiger charge is -2.25. The van der Waals surface area contributed by atoms with Crippen LogP contribution in [-0.4, -0.2) is 68.9 Å². The number of amides is 1. The molecule has 162 valence electrons. The molecule has 1 amide bonds. The van der Waals surface area contributed by atoms with Gasteiger partial charge in [-0.2, -0.15) is 8.42 Å². The maximum absolute atomic E-state index is 12.9. The Bertz CT molecular complexity index is 1020. The van der Waals surface area contributed by atoms with Crippen LogP contribution in [0, 0.1) is 13.8 Å². The van der Waals surface area contributed by atoms with E-state index in [0.717, 1.165) is 30.4 Å². The van der Waals surface area contributed by atoms with Gasteiger partial charge in [0.25, 0.3) is 15.9 Å². The molecule has 1 atom stereocenters. The molecule has 1 aromatic rings. The van der Waals surface area contributed by atoms with Crippen LogP contribution < -0.4 is 0 Å². The van der Waals surface area contributed by atoms with Crippen LogP contribution in [0.5, 0.6) is 0 Å². The van der Waals surface area contributed by atoms with Gasteiger partial charge in [0.2, 0.25) is 0 Å². The number of ether oxygens (including phenoxy) is 1. The van der Waals surface area contributed by atoms with E-state index in [0.29, 0.717) is 49.8 Å². The van der Waals surface area contributed by atoms with Crippen molar-refractivity contribution < 1.29 is 17.9 Å². The molecule has 2 fully saturated rings. The molecule has 2 saturated heterocycles. The second-order valence-corrected chi connectivity index (χ2v) is 9.85. The Kier molecular flexibility index (Phi) is 5.72. The van der Waals surface area contributed by atoms with Crippen molar-refractivity contribution in [1.82, 2.24) is 9.80 Å². The number of hydrogen-bond acceptors (Lipinski definition) is 5. The Balaban J connectivity index is 1.55. The summed E-state index contributed by atoms with van der Waals surface area (Å²) in [6, 6.07) is 5.70. The summed E-state index contributed by atoms with van der Waals surface area (Å²) in [5.74, 6) is 0.563. The highest BCUT2D eigenvalue weighted by atomic mass is 32.2. The largest absolute Gasteiger partial charge is 0.368 e. The number of carbonyl (C=O) groups is 1. The molecule has 0 N–H and O–H groups in total. The number of carbonyl (C=O) groups excluding carboxylic acids is 1. The summed E-state index contributed by atoms with van der Waals surface area (Å²) >= 11 is 0. The highest BCUT2D eigenvalue weighted by molar-refractivity contribution is 8.00. The third-order valence-electron chi connectivity index (χ3n) is 6.22. The molecule has 0 spiro atoms. The van der Waals surface area contributed by atoms with Crippen molar-refractivity contribution in [3.8, 4) is 0 Å². The van der Waals surface area contributed by atoms with E-state index in [1.165, 1.54) is 0 Å². The predicted molar refractivity (Wildman–Crippen MR) is 117 cm³/mol. The average Bonchev–Trinajstić information content (AvgIpc) is 3.23. The molecule has 0 saturated carbocycles. The fourth-order valence-corrected chi connectivity index (χ4v) is 5.87.